The van der Waals surface area contributed by atoms with Gasteiger partial charge >= 0.3 is 6.09 Å². The van der Waals surface area contributed by atoms with Gasteiger partial charge in [0.25, 0.3) is 0 Å². The molecule has 45 heavy (non-hydrogen) atoms. The molecule has 1 aliphatic rings. The molecule has 7 amide bonds. The third kappa shape index (κ3) is 12.9. The molecule has 0 aromatic carbocycles. The number of amides is 7. The number of carbonyl (C=O) groups excluding carboxylic acids is 7. The van der Waals surface area contributed by atoms with Crippen LogP contribution in [0.2, 0.25) is 0 Å². The zero-order chi connectivity index (χ0) is 34.8. The summed E-state index contributed by atoms with van der Waals surface area (Å²) in [6, 6.07) is -5.78. The fraction of sp³-hybridized carbons (Fsp3) is 0.767. The average Bonchev–Trinajstić information content (AvgIpc) is 3.39. The topological polar surface area (TPSA) is 204 Å². The lowest BCUT2D eigenvalue weighted by Crippen LogP contribution is -2.59. The van der Waals surface area contributed by atoms with E-state index in [2.05, 4.69) is 31.9 Å². The summed E-state index contributed by atoms with van der Waals surface area (Å²) in [5, 5.41) is 15.5. The second kappa shape index (κ2) is 17.0. The summed E-state index contributed by atoms with van der Waals surface area (Å²) in [4.78, 5) is 90.5. The molecule has 6 N–H and O–H groups in total. The predicted octanol–water partition coefficient (Wildman–Crippen LogP) is 0.0701. The van der Waals surface area contributed by atoms with Crippen LogP contribution in [0.15, 0.2) is 0 Å². The fourth-order valence-corrected chi connectivity index (χ4v) is 4.47. The highest BCUT2D eigenvalue weighted by Gasteiger charge is 2.39. The van der Waals surface area contributed by atoms with Crippen LogP contribution in [-0.4, -0.2) is 101 Å². The lowest BCUT2D eigenvalue weighted by molar-refractivity contribution is -0.142. The lowest BCUT2D eigenvalue weighted by atomic mass is 10.0. The molecular formula is C30H53N7O8. The lowest BCUT2D eigenvalue weighted by Gasteiger charge is -2.30. The Labute approximate surface area is 266 Å². The Hall–Kier alpha value is -3.91. The zero-order valence-electron chi connectivity index (χ0n) is 28.5. The molecule has 0 aromatic rings. The first-order chi connectivity index (χ1) is 20.6. The maximum atomic E-state index is 13.3. The van der Waals surface area contributed by atoms with Crippen molar-refractivity contribution in [1.82, 2.24) is 36.8 Å². The van der Waals surface area contributed by atoms with Crippen LogP contribution < -0.4 is 31.9 Å². The van der Waals surface area contributed by atoms with Crippen LogP contribution in [0.4, 0.5) is 4.79 Å². The molecule has 0 radical (unpaired) electrons. The highest BCUT2D eigenvalue weighted by atomic mass is 16.6. The van der Waals surface area contributed by atoms with E-state index >= 15 is 0 Å². The molecule has 1 heterocycles. The molecule has 0 aromatic heterocycles. The molecule has 1 saturated heterocycles. The van der Waals surface area contributed by atoms with Crippen LogP contribution in [0, 0.1) is 5.92 Å². The molecular weight excluding hydrogens is 586 g/mol. The van der Waals surface area contributed by atoms with Gasteiger partial charge in [-0.3, -0.25) is 28.8 Å². The number of likely N-dealkylation sites (tertiary alicyclic amines) is 1. The second-order valence-electron chi connectivity index (χ2n) is 13.1. The van der Waals surface area contributed by atoms with Gasteiger partial charge in [-0.1, -0.05) is 13.8 Å². The van der Waals surface area contributed by atoms with E-state index in [1.165, 1.54) is 32.6 Å². The maximum Gasteiger partial charge on any atom is 0.408 e. The normalized spacial score (nSPS) is 18.2. The van der Waals surface area contributed by atoms with Crippen molar-refractivity contribution in [1.29, 1.82) is 0 Å². The number of carbonyl (C=O) groups is 7. The smallest absolute Gasteiger partial charge is 0.408 e. The first-order valence-electron chi connectivity index (χ1n) is 15.5. The van der Waals surface area contributed by atoms with Crippen LogP contribution >= 0.6 is 0 Å². The van der Waals surface area contributed by atoms with Gasteiger partial charge in [0.05, 0.1) is 0 Å². The zero-order valence-corrected chi connectivity index (χ0v) is 28.5. The van der Waals surface area contributed by atoms with Crippen molar-refractivity contribution in [3.8, 4) is 0 Å². The molecule has 1 rings (SSSR count). The molecule has 1 aliphatic heterocycles. The van der Waals surface area contributed by atoms with Crippen LogP contribution in [0.1, 0.15) is 89.0 Å². The SMILES string of the molecule is CC(C)NC(=O)[C@H](C)NC(=O)[C@H](C)NC(=O)[C@@H](NC(=O)[C@@H]1CCCN1C(=O)[C@H](C)NC(=O)[C@H](C)NC(=O)OC(C)(C)C)C(C)C. The van der Waals surface area contributed by atoms with Gasteiger partial charge in [0.2, 0.25) is 35.4 Å². The third-order valence-electron chi connectivity index (χ3n) is 6.88. The Bertz CT molecular complexity index is 1100. The van der Waals surface area contributed by atoms with Gasteiger partial charge < -0.3 is 41.5 Å². The molecule has 0 spiro atoms. The number of nitrogens with zero attached hydrogens (tertiary/aromatic N) is 1. The monoisotopic (exact) mass is 639 g/mol. The van der Waals surface area contributed by atoms with E-state index in [0.29, 0.717) is 12.8 Å². The Kier molecular flexibility index (Phi) is 14.7. The van der Waals surface area contributed by atoms with Crippen molar-refractivity contribution >= 4 is 41.5 Å². The quantitative estimate of drug-likeness (QED) is 0.162. The average molecular weight is 640 g/mol. The van der Waals surface area contributed by atoms with E-state index < -0.39 is 77.5 Å². The fourth-order valence-electron chi connectivity index (χ4n) is 4.47. The van der Waals surface area contributed by atoms with E-state index in [1.54, 1.807) is 48.5 Å². The molecule has 15 heteroatoms. The number of alkyl carbamates (subject to hydrolysis) is 1. The van der Waals surface area contributed by atoms with Gasteiger partial charge in [0.15, 0.2) is 0 Å². The number of nitrogens with one attached hydrogen (secondary N) is 6. The molecule has 256 valence electrons. The van der Waals surface area contributed by atoms with Gasteiger partial charge in [0, 0.05) is 12.6 Å². The summed E-state index contributed by atoms with van der Waals surface area (Å²) in [7, 11) is 0. The van der Waals surface area contributed by atoms with E-state index in [-0.39, 0.29) is 24.4 Å². The summed E-state index contributed by atoms with van der Waals surface area (Å²) in [5.41, 5.74) is -0.748. The minimum absolute atomic E-state index is 0.103. The summed E-state index contributed by atoms with van der Waals surface area (Å²) < 4.78 is 5.15. The van der Waals surface area contributed by atoms with E-state index in [1.807, 2.05) is 0 Å². The Morgan fingerprint density at radius 1 is 0.644 bits per heavy atom. The van der Waals surface area contributed by atoms with E-state index in [9.17, 15) is 33.6 Å². The summed E-state index contributed by atoms with van der Waals surface area (Å²) >= 11 is 0. The van der Waals surface area contributed by atoms with Crippen LogP contribution in [0.5, 0.6) is 0 Å². The van der Waals surface area contributed by atoms with Crippen LogP contribution in [-0.2, 0) is 33.5 Å². The molecule has 6 atom stereocenters. The Morgan fingerprint density at radius 2 is 1.11 bits per heavy atom. The highest BCUT2D eigenvalue weighted by Crippen LogP contribution is 2.19. The summed E-state index contributed by atoms with van der Waals surface area (Å²) in [5.74, 6) is -3.51. The first-order valence-corrected chi connectivity index (χ1v) is 15.5. The molecule has 0 bridgehead atoms. The second-order valence-corrected chi connectivity index (χ2v) is 13.1. The van der Waals surface area contributed by atoms with Gasteiger partial charge in [-0.2, -0.15) is 0 Å². The summed E-state index contributed by atoms with van der Waals surface area (Å²) in [6.45, 7) is 18.3. The van der Waals surface area contributed by atoms with Gasteiger partial charge in [-0.05, 0) is 81.1 Å². The molecule has 0 aliphatic carbocycles. The van der Waals surface area contributed by atoms with Gasteiger partial charge in [0.1, 0.15) is 41.9 Å². The van der Waals surface area contributed by atoms with Crippen molar-refractivity contribution in [2.24, 2.45) is 5.92 Å². The van der Waals surface area contributed by atoms with E-state index in [0.717, 1.165) is 0 Å². The number of rotatable bonds is 13. The number of ether oxygens (including phenoxy) is 1. The largest absolute Gasteiger partial charge is 0.444 e. The molecule has 1 fully saturated rings. The molecule has 0 saturated carbocycles. The third-order valence-corrected chi connectivity index (χ3v) is 6.88. The van der Waals surface area contributed by atoms with Crippen molar-refractivity contribution in [2.45, 2.75) is 137 Å². The number of hydrogen-bond donors (Lipinski definition) is 6. The maximum absolute atomic E-state index is 13.3. The standard InChI is InChI=1S/C30H53N7O8/c1-15(2)22(27(42)33-18(6)24(39)32-17(5)23(38)31-16(3)4)36-26(41)21-13-12-14-37(21)28(43)20(8)34-25(40)19(7)35-29(44)45-30(9,10)11/h15-22H,12-14H2,1-11H3,(H,31,38)(H,32,39)(H,33,42)(H,34,40)(H,35,44)(H,36,41)/t17-,18-,19-,20-,21-,22-/m0/s1. The Morgan fingerprint density at radius 3 is 1.60 bits per heavy atom. The van der Waals surface area contributed by atoms with Crippen molar-refractivity contribution in [3.63, 3.8) is 0 Å². The number of hydrogen-bond acceptors (Lipinski definition) is 8. The highest BCUT2D eigenvalue weighted by molar-refractivity contribution is 5.97. The van der Waals surface area contributed by atoms with Crippen molar-refractivity contribution < 1.29 is 38.3 Å². The van der Waals surface area contributed by atoms with Gasteiger partial charge in [-0.25, -0.2) is 4.79 Å². The van der Waals surface area contributed by atoms with Crippen molar-refractivity contribution in [2.75, 3.05) is 6.54 Å². The van der Waals surface area contributed by atoms with Crippen LogP contribution in [0.3, 0.4) is 0 Å². The Balaban J connectivity index is 2.81. The molecule has 0 unspecified atom stereocenters. The summed E-state index contributed by atoms with van der Waals surface area (Å²) in [6.07, 6.45) is 0.123. The predicted molar refractivity (Wildman–Crippen MR) is 166 cm³/mol. The van der Waals surface area contributed by atoms with Crippen LogP contribution in [0.25, 0.3) is 0 Å². The minimum atomic E-state index is -1.01. The van der Waals surface area contributed by atoms with Gasteiger partial charge in [-0.15, -0.1) is 0 Å². The van der Waals surface area contributed by atoms with E-state index in [4.69, 9.17) is 4.74 Å². The minimum Gasteiger partial charge on any atom is -0.444 e. The van der Waals surface area contributed by atoms with Crippen molar-refractivity contribution in [3.05, 3.63) is 0 Å². The first kappa shape index (κ1) is 39.1. The molecule has 15 nitrogen and oxygen atoms in total.